The molecule has 0 spiro atoms. The highest BCUT2D eigenvalue weighted by Gasteiger charge is 2.32. The van der Waals surface area contributed by atoms with Crippen molar-refractivity contribution in [3.05, 3.63) is 0 Å². The molecule has 1 rings (SSSR count). The van der Waals surface area contributed by atoms with Crippen LogP contribution >= 0.6 is 0 Å². The predicted molar refractivity (Wildman–Crippen MR) is 54.3 cm³/mol. The highest BCUT2D eigenvalue weighted by Crippen LogP contribution is 2.43. The number of hydrogen-bond donors (Lipinski definition) is 1. The molecule has 0 aromatic heterocycles. The van der Waals surface area contributed by atoms with Crippen molar-refractivity contribution in [2.24, 2.45) is 11.3 Å². The van der Waals surface area contributed by atoms with Gasteiger partial charge in [0, 0.05) is 0 Å². The van der Waals surface area contributed by atoms with Crippen LogP contribution in [-0.2, 0) is 0 Å². The summed E-state index contributed by atoms with van der Waals surface area (Å²) in [5, 5.41) is 3.41. The van der Waals surface area contributed by atoms with Gasteiger partial charge in [-0.25, -0.2) is 0 Å². The van der Waals surface area contributed by atoms with Gasteiger partial charge in [-0.3, -0.25) is 0 Å². The Bertz CT molecular complexity index is 125. The van der Waals surface area contributed by atoms with E-state index in [-0.39, 0.29) is 0 Å². The zero-order valence-corrected chi connectivity index (χ0v) is 8.82. The van der Waals surface area contributed by atoms with E-state index in [4.69, 9.17) is 0 Å². The Kier molecular flexibility index (Phi) is 3.57. The summed E-state index contributed by atoms with van der Waals surface area (Å²) in [5.74, 6) is 1.01. The first kappa shape index (κ1) is 10.0. The van der Waals surface area contributed by atoms with Gasteiger partial charge in [0.1, 0.15) is 0 Å². The third-order valence-electron chi connectivity index (χ3n) is 3.41. The lowest BCUT2D eigenvalue weighted by Gasteiger charge is -2.40. The standard InChI is InChI=1S/C11H23N/c1-4-12-9-8-11(2,3)10-6-5-7-10/h10,12H,4-9H2,1-3H3. The van der Waals surface area contributed by atoms with E-state index < -0.39 is 0 Å². The summed E-state index contributed by atoms with van der Waals surface area (Å²) in [6.07, 6.45) is 5.75. The summed E-state index contributed by atoms with van der Waals surface area (Å²) in [6.45, 7) is 9.33. The van der Waals surface area contributed by atoms with E-state index in [0.29, 0.717) is 5.41 Å². The van der Waals surface area contributed by atoms with E-state index in [1.54, 1.807) is 0 Å². The molecular formula is C11H23N. The van der Waals surface area contributed by atoms with Crippen molar-refractivity contribution in [2.75, 3.05) is 13.1 Å². The topological polar surface area (TPSA) is 12.0 Å². The summed E-state index contributed by atoms with van der Waals surface area (Å²) >= 11 is 0. The summed E-state index contributed by atoms with van der Waals surface area (Å²) < 4.78 is 0. The Hall–Kier alpha value is -0.0400. The first-order chi connectivity index (χ1) is 5.67. The molecule has 0 heterocycles. The van der Waals surface area contributed by atoms with Crippen LogP contribution in [0.25, 0.3) is 0 Å². The fourth-order valence-corrected chi connectivity index (χ4v) is 1.98. The first-order valence-electron chi connectivity index (χ1n) is 5.37. The highest BCUT2D eigenvalue weighted by atomic mass is 14.8. The van der Waals surface area contributed by atoms with Crippen LogP contribution in [0.1, 0.15) is 46.5 Å². The van der Waals surface area contributed by atoms with Crippen molar-refractivity contribution in [1.82, 2.24) is 5.32 Å². The molecule has 1 heteroatoms. The SMILES string of the molecule is CCNCCC(C)(C)C1CCC1. The molecule has 0 aromatic carbocycles. The van der Waals surface area contributed by atoms with Gasteiger partial charge in [0.15, 0.2) is 0 Å². The second-order valence-corrected chi connectivity index (χ2v) is 4.72. The Labute approximate surface area is 76.9 Å². The summed E-state index contributed by atoms with van der Waals surface area (Å²) in [4.78, 5) is 0. The van der Waals surface area contributed by atoms with Gasteiger partial charge < -0.3 is 5.32 Å². The van der Waals surface area contributed by atoms with Gasteiger partial charge in [-0.05, 0) is 43.7 Å². The summed E-state index contributed by atoms with van der Waals surface area (Å²) in [5.41, 5.74) is 0.584. The molecule has 0 saturated heterocycles. The zero-order valence-electron chi connectivity index (χ0n) is 8.82. The van der Waals surface area contributed by atoms with Gasteiger partial charge in [0.05, 0.1) is 0 Å². The minimum atomic E-state index is 0.584. The van der Waals surface area contributed by atoms with Crippen LogP contribution in [0.15, 0.2) is 0 Å². The largest absolute Gasteiger partial charge is 0.317 e. The van der Waals surface area contributed by atoms with E-state index in [9.17, 15) is 0 Å². The van der Waals surface area contributed by atoms with E-state index in [1.165, 1.54) is 32.2 Å². The van der Waals surface area contributed by atoms with Crippen molar-refractivity contribution >= 4 is 0 Å². The van der Waals surface area contributed by atoms with Crippen molar-refractivity contribution in [1.29, 1.82) is 0 Å². The fraction of sp³-hybridized carbons (Fsp3) is 1.00. The second-order valence-electron chi connectivity index (χ2n) is 4.72. The van der Waals surface area contributed by atoms with Crippen molar-refractivity contribution in [3.8, 4) is 0 Å². The quantitative estimate of drug-likeness (QED) is 0.624. The maximum atomic E-state index is 3.41. The van der Waals surface area contributed by atoms with Gasteiger partial charge in [-0.2, -0.15) is 0 Å². The molecule has 0 bridgehead atoms. The molecule has 0 radical (unpaired) electrons. The molecule has 0 aromatic rings. The normalized spacial score (nSPS) is 19.2. The smallest absolute Gasteiger partial charge is 0.00438 e. The molecule has 1 fully saturated rings. The van der Waals surface area contributed by atoms with Crippen LogP contribution in [0.4, 0.5) is 0 Å². The monoisotopic (exact) mass is 169 g/mol. The molecule has 1 aliphatic rings. The molecule has 1 saturated carbocycles. The number of hydrogen-bond acceptors (Lipinski definition) is 1. The summed E-state index contributed by atoms with van der Waals surface area (Å²) in [6, 6.07) is 0. The molecule has 0 amide bonds. The lowest BCUT2D eigenvalue weighted by atomic mass is 9.66. The highest BCUT2D eigenvalue weighted by molar-refractivity contribution is 4.84. The van der Waals surface area contributed by atoms with Crippen LogP contribution in [0.2, 0.25) is 0 Å². The Morgan fingerprint density at radius 1 is 1.33 bits per heavy atom. The maximum Gasteiger partial charge on any atom is -0.00438 e. The molecule has 72 valence electrons. The van der Waals surface area contributed by atoms with Crippen LogP contribution in [0.3, 0.4) is 0 Å². The second kappa shape index (κ2) is 4.27. The molecule has 1 nitrogen and oxygen atoms in total. The maximum absolute atomic E-state index is 3.41. The third kappa shape index (κ3) is 2.48. The number of rotatable bonds is 5. The lowest BCUT2D eigenvalue weighted by molar-refractivity contribution is 0.111. The van der Waals surface area contributed by atoms with Crippen molar-refractivity contribution in [3.63, 3.8) is 0 Å². The van der Waals surface area contributed by atoms with Crippen LogP contribution in [0.5, 0.6) is 0 Å². The molecule has 0 atom stereocenters. The van der Waals surface area contributed by atoms with Crippen LogP contribution in [0, 0.1) is 11.3 Å². The zero-order chi connectivity index (χ0) is 9.03. The Morgan fingerprint density at radius 3 is 2.42 bits per heavy atom. The van der Waals surface area contributed by atoms with Gasteiger partial charge in [0.2, 0.25) is 0 Å². The van der Waals surface area contributed by atoms with Gasteiger partial charge in [0.25, 0.3) is 0 Å². The van der Waals surface area contributed by atoms with Gasteiger partial charge >= 0.3 is 0 Å². The average Bonchev–Trinajstić information content (AvgIpc) is 1.82. The first-order valence-corrected chi connectivity index (χ1v) is 5.37. The molecular weight excluding hydrogens is 146 g/mol. The molecule has 1 aliphatic carbocycles. The molecule has 0 unspecified atom stereocenters. The van der Waals surface area contributed by atoms with E-state index in [2.05, 4.69) is 26.1 Å². The van der Waals surface area contributed by atoms with E-state index >= 15 is 0 Å². The van der Waals surface area contributed by atoms with Crippen molar-refractivity contribution in [2.45, 2.75) is 46.5 Å². The minimum Gasteiger partial charge on any atom is -0.317 e. The minimum absolute atomic E-state index is 0.584. The van der Waals surface area contributed by atoms with Gasteiger partial charge in [-0.15, -0.1) is 0 Å². The molecule has 0 aliphatic heterocycles. The predicted octanol–water partition coefficient (Wildman–Crippen LogP) is 2.81. The Morgan fingerprint density at radius 2 is 2.00 bits per heavy atom. The molecule has 12 heavy (non-hydrogen) atoms. The molecule has 1 N–H and O–H groups in total. The third-order valence-corrected chi connectivity index (χ3v) is 3.41. The fourth-order valence-electron chi connectivity index (χ4n) is 1.98. The summed E-state index contributed by atoms with van der Waals surface area (Å²) in [7, 11) is 0. The van der Waals surface area contributed by atoms with E-state index in [0.717, 1.165) is 12.5 Å². The van der Waals surface area contributed by atoms with E-state index in [1.807, 2.05) is 0 Å². The van der Waals surface area contributed by atoms with Gasteiger partial charge in [-0.1, -0.05) is 27.2 Å². The van der Waals surface area contributed by atoms with Crippen LogP contribution in [-0.4, -0.2) is 13.1 Å². The number of nitrogens with one attached hydrogen (secondary N) is 1. The average molecular weight is 169 g/mol. The van der Waals surface area contributed by atoms with Crippen LogP contribution < -0.4 is 5.32 Å². The lowest BCUT2D eigenvalue weighted by Crippen LogP contribution is -2.32. The Balaban J connectivity index is 2.17. The van der Waals surface area contributed by atoms with Crippen molar-refractivity contribution < 1.29 is 0 Å².